The Morgan fingerprint density at radius 3 is 3.05 bits per heavy atom. The highest BCUT2D eigenvalue weighted by molar-refractivity contribution is 7.18. The van der Waals surface area contributed by atoms with E-state index in [1.54, 1.807) is 0 Å². The first-order chi connectivity index (χ1) is 9.22. The van der Waals surface area contributed by atoms with Crippen molar-refractivity contribution in [2.24, 2.45) is 5.92 Å². The minimum Gasteiger partial charge on any atom is -0.316 e. The molecule has 1 atom stereocenters. The molecule has 1 N–H and O–H groups in total. The third-order valence-electron chi connectivity index (χ3n) is 3.89. The maximum atomic E-state index is 4.77. The molecule has 1 aromatic heterocycles. The van der Waals surface area contributed by atoms with E-state index in [1.165, 1.54) is 53.1 Å². The van der Waals surface area contributed by atoms with Gasteiger partial charge in [0, 0.05) is 5.92 Å². The van der Waals surface area contributed by atoms with E-state index in [1.807, 2.05) is 11.3 Å². The lowest BCUT2D eigenvalue weighted by molar-refractivity contribution is 0.376. The van der Waals surface area contributed by atoms with Crippen LogP contribution in [-0.2, 0) is 6.42 Å². The summed E-state index contributed by atoms with van der Waals surface area (Å²) in [5.41, 5.74) is 2.64. The van der Waals surface area contributed by atoms with Crippen LogP contribution in [0.1, 0.15) is 43.2 Å². The number of aromatic nitrogens is 1. The molecule has 0 radical (unpaired) electrons. The molecule has 2 aromatic rings. The summed E-state index contributed by atoms with van der Waals surface area (Å²) in [6, 6.07) is 6.84. The summed E-state index contributed by atoms with van der Waals surface area (Å²) in [5.74, 6) is 1.33. The van der Waals surface area contributed by atoms with Gasteiger partial charge in [0.2, 0.25) is 0 Å². The normalized spacial score (nSPS) is 20.3. The predicted molar refractivity (Wildman–Crippen MR) is 83.0 cm³/mol. The first-order valence-electron chi connectivity index (χ1n) is 7.32. The lowest BCUT2D eigenvalue weighted by Crippen LogP contribution is -2.30. The van der Waals surface area contributed by atoms with Gasteiger partial charge in [-0.3, -0.25) is 0 Å². The largest absolute Gasteiger partial charge is 0.316 e. The van der Waals surface area contributed by atoms with Gasteiger partial charge >= 0.3 is 0 Å². The van der Waals surface area contributed by atoms with Crippen LogP contribution >= 0.6 is 11.3 Å². The van der Waals surface area contributed by atoms with Gasteiger partial charge in [-0.15, -0.1) is 11.3 Å². The summed E-state index contributed by atoms with van der Waals surface area (Å²) in [5, 5.41) is 4.75. The highest BCUT2D eigenvalue weighted by atomic mass is 32.1. The van der Waals surface area contributed by atoms with Gasteiger partial charge in [-0.2, -0.15) is 0 Å². The van der Waals surface area contributed by atoms with Gasteiger partial charge in [0.05, 0.1) is 15.2 Å². The molecule has 0 bridgehead atoms. The second-order valence-corrected chi connectivity index (χ2v) is 6.99. The number of piperidine rings is 1. The van der Waals surface area contributed by atoms with Gasteiger partial charge in [-0.25, -0.2) is 4.98 Å². The first kappa shape index (κ1) is 13.1. The van der Waals surface area contributed by atoms with E-state index < -0.39 is 0 Å². The van der Waals surface area contributed by atoms with Crippen molar-refractivity contribution in [3.63, 3.8) is 0 Å². The second kappa shape index (κ2) is 5.59. The second-order valence-electron chi connectivity index (χ2n) is 5.93. The van der Waals surface area contributed by atoms with Crippen molar-refractivity contribution in [3.05, 3.63) is 28.8 Å². The standard InChI is InChI=1S/C16H22N2S/c1-11(2)16-18-14-9-12(5-6-15(14)19-16)8-13-4-3-7-17-10-13/h5-6,9,11,13,17H,3-4,7-8,10H2,1-2H3. The molecule has 102 valence electrons. The zero-order chi connectivity index (χ0) is 13.2. The highest BCUT2D eigenvalue weighted by Gasteiger charge is 2.14. The zero-order valence-electron chi connectivity index (χ0n) is 11.8. The summed E-state index contributed by atoms with van der Waals surface area (Å²) in [6.07, 6.45) is 3.87. The summed E-state index contributed by atoms with van der Waals surface area (Å²) >= 11 is 1.84. The van der Waals surface area contributed by atoms with E-state index in [0.29, 0.717) is 5.92 Å². The number of hydrogen-bond donors (Lipinski definition) is 1. The molecule has 0 saturated carbocycles. The minimum atomic E-state index is 0.531. The molecule has 1 saturated heterocycles. The van der Waals surface area contributed by atoms with Gasteiger partial charge in [0.25, 0.3) is 0 Å². The zero-order valence-corrected chi connectivity index (χ0v) is 12.6. The first-order valence-corrected chi connectivity index (χ1v) is 8.14. The Bertz CT molecular complexity index is 553. The van der Waals surface area contributed by atoms with Gasteiger partial charge in [0.1, 0.15) is 0 Å². The maximum Gasteiger partial charge on any atom is 0.0963 e. The SMILES string of the molecule is CC(C)c1nc2cc(CC3CCCNC3)ccc2s1. The van der Waals surface area contributed by atoms with Crippen molar-refractivity contribution in [2.45, 2.75) is 39.0 Å². The number of fused-ring (bicyclic) bond motifs is 1. The smallest absolute Gasteiger partial charge is 0.0963 e. The van der Waals surface area contributed by atoms with Crippen LogP contribution in [0.3, 0.4) is 0 Å². The molecular weight excluding hydrogens is 252 g/mol. The van der Waals surface area contributed by atoms with E-state index in [-0.39, 0.29) is 0 Å². The lowest BCUT2D eigenvalue weighted by Gasteiger charge is -2.22. The maximum absolute atomic E-state index is 4.77. The number of rotatable bonds is 3. The van der Waals surface area contributed by atoms with Gasteiger partial charge in [-0.05, 0) is 56.0 Å². The number of hydrogen-bond acceptors (Lipinski definition) is 3. The van der Waals surface area contributed by atoms with Crippen molar-refractivity contribution in [1.29, 1.82) is 0 Å². The van der Waals surface area contributed by atoms with Crippen molar-refractivity contribution in [2.75, 3.05) is 13.1 Å². The Morgan fingerprint density at radius 1 is 1.42 bits per heavy atom. The molecule has 19 heavy (non-hydrogen) atoms. The lowest BCUT2D eigenvalue weighted by atomic mass is 9.92. The summed E-state index contributed by atoms with van der Waals surface area (Å²) < 4.78 is 1.33. The molecule has 1 fully saturated rings. The predicted octanol–water partition coefficient (Wildman–Crippen LogP) is 3.96. The fourth-order valence-corrected chi connectivity index (χ4v) is 3.75. The van der Waals surface area contributed by atoms with Crippen LogP contribution in [0.2, 0.25) is 0 Å². The van der Waals surface area contributed by atoms with Crippen molar-refractivity contribution >= 4 is 21.6 Å². The number of nitrogens with one attached hydrogen (secondary N) is 1. The summed E-state index contributed by atoms with van der Waals surface area (Å²) in [4.78, 5) is 4.77. The topological polar surface area (TPSA) is 24.9 Å². The van der Waals surface area contributed by atoms with Crippen molar-refractivity contribution in [3.8, 4) is 0 Å². The Hall–Kier alpha value is -0.930. The van der Waals surface area contributed by atoms with Crippen LogP contribution in [0.5, 0.6) is 0 Å². The third-order valence-corrected chi connectivity index (χ3v) is 5.22. The Labute approximate surface area is 119 Å². The Kier molecular flexibility index (Phi) is 3.85. The quantitative estimate of drug-likeness (QED) is 0.916. The number of thiazole rings is 1. The molecule has 1 unspecified atom stereocenters. The monoisotopic (exact) mass is 274 g/mol. The van der Waals surface area contributed by atoms with E-state index in [4.69, 9.17) is 4.98 Å². The van der Waals surface area contributed by atoms with Gasteiger partial charge < -0.3 is 5.32 Å². The summed E-state index contributed by atoms with van der Waals surface area (Å²) in [6.45, 7) is 6.80. The van der Waals surface area contributed by atoms with E-state index in [0.717, 1.165) is 5.92 Å². The van der Waals surface area contributed by atoms with E-state index in [2.05, 4.69) is 37.4 Å². The van der Waals surface area contributed by atoms with Gasteiger partial charge in [0.15, 0.2) is 0 Å². The van der Waals surface area contributed by atoms with Crippen LogP contribution in [0.4, 0.5) is 0 Å². The Morgan fingerprint density at radius 2 is 2.32 bits per heavy atom. The molecule has 3 heteroatoms. The van der Waals surface area contributed by atoms with Crippen LogP contribution in [0, 0.1) is 5.92 Å². The molecule has 1 aromatic carbocycles. The number of nitrogens with zero attached hydrogens (tertiary/aromatic N) is 1. The highest BCUT2D eigenvalue weighted by Crippen LogP contribution is 2.28. The minimum absolute atomic E-state index is 0.531. The average Bonchev–Trinajstić information content (AvgIpc) is 2.83. The molecule has 3 rings (SSSR count). The van der Waals surface area contributed by atoms with E-state index >= 15 is 0 Å². The van der Waals surface area contributed by atoms with Crippen molar-refractivity contribution < 1.29 is 0 Å². The fourth-order valence-electron chi connectivity index (χ4n) is 2.80. The Balaban J connectivity index is 1.80. The molecule has 0 amide bonds. The molecular formula is C16H22N2S. The van der Waals surface area contributed by atoms with Crippen LogP contribution < -0.4 is 5.32 Å². The molecule has 1 aliphatic heterocycles. The van der Waals surface area contributed by atoms with Crippen LogP contribution in [0.15, 0.2) is 18.2 Å². The average molecular weight is 274 g/mol. The van der Waals surface area contributed by atoms with Crippen molar-refractivity contribution in [1.82, 2.24) is 10.3 Å². The molecule has 0 spiro atoms. The molecule has 1 aliphatic rings. The van der Waals surface area contributed by atoms with Gasteiger partial charge in [-0.1, -0.05) is 19.9 Å². The van der Waals surface area contributed by atoms with E-state index in [9.17, 15) is 0 Å². The van der Waals surface area contributed by atoms with Crippen LogP contribution in [-0.4, -0.2) is 18.1 Å². The van der Waals surface area contributed by atoms with Crippen LogP contribution in [0.25, 0.3) is 10.2 Å². The molecule has 0 aliphatic carbocycles. The molecule has 2 nitrogen and oxygen atoms in total. The summed E-state index contributed by atoms with van der Waals surface area (Å²) in [7, 11) is 0. The molecule has 2 heterocycles. The third kappa shape index (κ3) is 2.98. The number of benzene rings is 1. The fraction of sp³-hybridized carbons (Fsp3) is 0.562.